The Bertz CT molecular complexity index is 877. The van der Waals surface area contributed by atoms with Crippen molar-refractivity contribution in [3.63, 3.8) is 0 Å². The zero-order valence-electron chi connectivity index (χ0n) is 15.5. The van der Waals surface area contributed by atoms with Crippen LogP contribution >= 0.6 is 0 Å². The molecule has 1 saturated heterocycles. The highest BCUT2D eigenvalue weighted by Gasteiger charge is 2.43. The number of carbonyl (C=O) groups is 1. The van der Waals surface area contributed by atoms with E-state index in [0.717, 1.165) is 17.1 Å². The molecular weight excluding hydrogens is 342 g/mol. The lowest BCUT2D eigenvalue weighted by molar-refractivity contribution is -0.145. The number of carbonyl (C=O) groups excluding carboxylic acids is 1. The molecule has 0 radical (unpaired) electrons. The predicted molar refractivity (Wildman–Crippen MR) is 101 cm³/mol. The number of aliphatic hydroxyl groups is 1. The number of hydrogen-bond donors (Lipinski definition) is 1. The summed E-state index contributed by atoms with van der Waals surface area (Å²) < 4.78 is 12.0. The van der Waals surface area contributed by atoms with E-state index in [1.807, 2.05) is 61.5 Å². The molecule has 2 aromatic carbocycles. The van der Waals surface area contributed by atoms with Crippen LogP contribution in [0.15, 0.2) is 65.9 Å². The van der Waals surface area contributed by atoms with Crippen molar-refractivity contribution in [2.24, 2.45) is 0 Å². The Morgan fingerprint density at radius 1 is 1.15 bits per heavy atom. The summed E-state index contributed by atoms with van der Waals surface area (Å²) in [6.07, 6.45) is -0.675. The number of ether oxygens (including phenoxy) is 2. The first-order valence-corrected chi connectivity index (χ1v) is 9.24. The summed E-state index contributed by atoms with van der Waals surface area (Å²) in [6, 6.07) is 17.4. The van der Waals surface area contributed by atoms with Crippen molar-refractivity contribution in [1.82, 2.24) is 4.90 Å². The van der Waals surface area contributed by atoms with E-state index in [9.17, 15) is 9.90 Å². The molecule has 3 atom stereocenters. The molecule has 0 aromatic heterocycles. The molecule has 0 aliphatic carbocycles. The summed E-state index contributed by atoms with van der Waals surface area (Å²) in [4.78, 5) is 14.3. The van der Waals surface area contributed by atoms with Crippen molar-refractivity contribution in [2.75, 3.05) is 6.54 Å². The molecule has 2 aromatic rings. The maximum atomic E-state index is 12.7. The van der Waals surface area contributed by atoms with Gasteiger partial charge in [-0.15, -0.1) is 0 Å². The van der Waals surface area contributed by atoms with Crippen LogP contribution in [0.4, 0.5) is 0 Å². The van der Waals surface area contributed by atoms with E-state index in [2.05, 4.69) is 0 Å². The maximum absolute atomic E-state index is 12.7. The zero-order chi connectivity index (χ0) is 19.0. The largest absolute Gasteiger partial charge is 0.471 e. The molecule has 5 heteroatoms. The molecule has 2 aliphatic rings. The monoisotopic (exact) mass is 365 g/mol. The van der Waals surface area contributed by atoms with Gasteiger partial charge in [-0.05, 0) is 43.2 Å². The Morgan fingerprint density at radius 3 is 2.67 bits per heavy atom. The average molecular weight is 365 g/mol. The fraction of sp³-hybridized carbons (Fsp3) is 0.318. The summed E-state index contributed by atoms with van der Waals surface area (Å²) >= 11 is 0. The molecule has 1 N–H and O–H groups in total. The lowest BCUT2D eigenvalue weighted by Crippen LogP contribution is -2.46. The van der Waals surface area contributed by atoms with Gasteiger partial charge in [0.25, 0.3) is 5.91 Å². The van der Waals surface area contributed by atoms with Crippen molar-refractivity contribution in [2.45, 2.75) is 38.5 Å². The lowest BCUT2D eigenvalue weighted by atomic mass is 9.95. The van der Waals surface area contributed by atoms with E-state index in [-0.39, 0.29) is 11.8 Å². The van der Waals surface area contributed by atoms with Gasteiger partial charge >= 0.3 is 0 Å². The highest BCUT2D eigenvalue weighted by atomic mass is 16.5. The molecule has 5 nitrogen and oxygen atoms in total. The second-order valence-electron chi connectivity index (χ2n) is 7.06. The first-order chi connectivity index (χ1) is 13.0. The number of hydrogen-bond acceptors (Lipinski definition) is 4. The van der Waals surface area contributed by atoms with Crippen LogP contribution in [-0.2, 0) is 9.53 Å². The first kappa shape index (κ1) is 17.6. The van der Waals surface area contributed by atoms with Crippen molar-refractivity contribution < 1.29 is 19.4 Å². The number of para-hydroxylation sites is 1. The van der Waals surface area contributed by atoms with E-state index in [4.69, 9.17) is 9.47 Å². The molecule has 2 aliphatic heterocycles. The Kier molecular flexibility index (Phi) is 4.62. The molecule has 2 heterocycles. The molecule has 4 rings (SSSR count). The van der Waals surface area contributed by atoms with Gasteiger partial charge in [0.05, 0.1) is 5.57 Å². The summed E-state index contributed by atoms with van der Waals surface area (Å²) in [6.45, 7) is 4.33. The predicted octanol–water partition coefficient (Wildman–Crippen LogP) is 3.81. The molecule has 27 heavy (non-hydrogen) atoms. The van der Waals surface area contributed by atoms with Crippen molar-refractivity contribution in [3.8, 4) is 11.5 Å². The van der Waals surface area contributed by atoms with Crippen LogP contribution in [0.25, 0.3) is 0 Å². The zero-order valence-corrected chi connectivity index (χ0v) is 15.5. The number of allylic oxidation sites excluding steroid dienone is 1. The van der Waals surface area contributed by atoms with Gasteiger partial charge in [0, 0.05) is 12.5 Å². The first-order valence-electron chi connectivity index (χ1n) is 9.24. The van der Waals surface area contributed by atoms with Gasteiger partial charge in [0.15, 0.2) is 6.23 Å². The summed E-state index contributed by atoms with van der Waals surface area (Å²) in [7, 11) is 0. The van der Waals surface area contributed by atoms with Crippen LogP contribution in [0.3, 0.4) is 0 Å². The fourth-order valence-electron chi connectivity index (χ4n) is 3.70. The van der Waals surface area contributed by atoms with E-state index in [1.165, 1.54) is 0 Å². The SMILES string of the molecule is CC1=C(C(C)c2cccc(Oc3ccccc3)c2)OC2C(O)CCN2C1=O. The maximum Gasteiger partial charge on any atom is 0.255 e. The quantitative estimate of drug-likeness (QED) is 0.895. The summed E-state index contributed by atoms with van der Waals surface area (Å²) in [5, 5.41) is 10.1. The van der Waals surface area contributed by atoms with Gasteiger partial charge in [-0.1, -0.05) is 37.3 Å². The smallest absolute Gasteiger partial charge is 0.255 e. The molecule has 1 fully saturated rings. The number of benzene rings is 2. The Morgan fingerprint density at radius 2 is 1.89 bits per heavy atom. The van der Waals surface area contributed by atoms with Gasteiger partial charge in [-0.2, -0.15) is 0 Å². The molecule has 0 saturated carbocycles. The Balaban J connectivity index is 1.60. The van der Waals surface area contributed by atoms with Gasteiger partial charge in [0.1, 0.15) is 23.4 Å². The van der Waals surface area contributed by atoms with Crippen LogP contribution in [0.1, 0.15) is 31.7 Å². The third-order valence-electron chi connectivity index (χ3n) is 5.23. The van der Waals surface area contributed by atoms with Crippen LogP contribution in [0, 0.1) is 0 Å². The number of aliphatic hydroxyl groups excluding tert-OH is 1. The van der Waals surface area contributed by atoms with E-state index < -0.39 is 12.3 Å². The van der Waals surface area contributed by atoms with Crippen LogP contribution in [-0.4, -0.2) is 34.8 Å². The summed E-state index contributed by atoms with van der Waals surface area (Å²) in [5.74, 6) is 1.95. The number of amides is 1. The minimum absolute atomic E-state index is 0.0543. The molecule has 140 valence electrons. The van der Waals surface area contributed by atoms with E-state index in [1.54, 1.807) is 11.8 Å². The van der Waals surface area contributed by atoms with Gasteiger partial charge < -0.3 is 19.5 Å². The van der Waals surface area contributed by atoms with Crippen molar-refractivity contribution >= 4 is 5.91 Å². The van der Waals surface area contributed by atoms with Crippen LogP contribution < -0.4 is 4.74 Å². The van der Waals surface area contributed by atoms with Crippen LogP contribution in [0.2, 0.25) is 0 Å². The lowest BCUT2D eigenvalue weighted by Gasteiger charge is -2.35. The van der Waals surface area contributed by atoms with Crippen molar-refractivity contribution in [3.05, 3.63) is 71.5 Å². The van der Waals surface area contributed by atoms with Gasteiger partial charge in [-0.3, -0.25) is 4.79 Å². The molecule has 0 spiro atoms. The minimum Gasteiger partial charge on any atom is -0.471 e. The van der Waals surface area contributed by atoms with Gasteiger partial charge in [0.2, 0.25) is 0 Å². The normalized spacial score (nSPS) is 23.1. The minimum atomic E-state index is -0.642. The highest BCUT2D eigenvalue weighted by Crippen LogP contribution is 2.37. The Hall–Kier alpha value is -2.79. The highest BCUT2D eigenvalue weighted by molar-refractivity contribution is 5.94. The van der Waals surface area contributed by atoms with Crippen molar-refractivity contribution in [1.29, 1.82) is 0 Å². The van der Waals surface area contributed by atoms with E-state index in [0.29, 0.717) is 24.3 Å². The third kappa shape index (κ3) is 3.30. The van der Waals surface area contributed by atoms with Crippen LogP contribution in [0.5, 0.6) is 11.5 Å². The molecular formula is C22H23NO4. The van der Waals surface area contributed by atoms with E-state index >= 15 is 0 Å². The molecule has 3 unspecified atom stereocenters. The summed E-state index contributed by atoms with van der Waals surface area (Å²) in [5.41, 5.74) is 1.59. The number of nitrogens with zero attached hydrogens (tertiary/aromatic N) is 1. The second kappa shape index (κ2) is 7.08. The number of rotatable bonds is 4. The average Bonchev–Trinajstić information content (AvgIpc) is 3.06. The topological polar surface area (TPSA) is 59.0 Å². The molecule has 1 amide bonds. The third-order valence-corrected chi connectivity index (χ3v) is 5.23. The standard InChI is InChI=1S/C22H23NO4/c1-14(20-15(2)21(25)23-12-11-19(24)22(23)27-20)16-7-6-10-18(13-16)26-17-8-4-3-5-9-17/h3-10,13-14,19,22,24H,11-12H2,1-2H3. The second-order valence-corrected chi connectivity index (χ2v) is 7.06. The fourth-order valence-corrected chi connectivity index (χ4v) is 3.70. The molecule has 0 bridgehead atoms. The number of fused-ring (bicyclic) bond motifs is 1. The van der Waals surface area contributed by atoms with Gasteiger partial charge in [-0.25, -0.2) is 0 Å². The Labute approximate surface area is 158 Å².